The van der Waals surface area contributed by atoms with Crippen LogP contribution >= 0.6 is 0 Å². The second-order valence-electron chi connectivity index (χ2n) is 3.77. The number of hydrogen-bond donors (Lipinski definition) is 0. The molecule has 2 rings (SSSR count). The van der Waals surface area contributed by atoms with E-state index in [1.165, 1.54) is 0 Å². The van der Waals surface area contributed by atoms with E-state index < -0.39 is 0 Å². The van der Waals surface area contributed by atoms with Crippen LogP contribution in [0.25, 0.3) is 0 Å². The predicted molar refractivity (Wildman–Crippen MR) is 51.5 cm³/mol. The number of hydrogen-bond acceptors (Lipinski definition) is 2. The molecular weight excluding hydrogens is 164 g/mol. The number of amides is 1. The van der Waals surface area contributed by atoms with Crippen LogP contribution in [0.4, 0.5) is 0 Å². The molecule has 0 bridgehead atoms. The maximum Gasteiger partial charge on any atom is 0.219 e. The van der Waals surface area contributed by atoms with Crippen molar-refractivity contribution in [3.63, 3.8) is 0 Å². The van der Waals surface area contributed by atoms with Gasteiger partial charge in [-0.05, 0) is 12.3 Å². The number of fused-ring (bicyclic) bond motifs is 1. The quantitative estimate of drug-likeness (QED) is 0.546. The van der Waals surface area contributed by atoms with Crippen molar-refractivity contribution in [2.24, 2.45) is 16.8 Å². The Kier molecular flexibility index (Phi) is 2.17. The minimum atomic E-state index is 0.186. The molecule has 2 aliphatic rings. The smallest absolute Gasteiger partial charge is 0.219 e. The number of carbonyl (C=O) groups excluding carboxylic acids is 1. The van der Waals surface area contributed by atoms with Crippen molar-refractivity contribution in [2.45, 2.75) is 13.3 Å². The number of aliphatic imine (C=N–C) groups is 1. The molecule has 0 radical (unpaired) electrons. The van der Waals surface area contributed by atoms with Crippen molar-refractivity contribution in [1.82, 2.24) is 4.90 Å². The molecule has 3 nitrogen and oxygen atoms in total. The molecule has 2 atom stereocenters. The highest BCUT2D eigenvalue weighted by Crippen LogP contribution is 2.26. The zero-order chi connectivity index (χ0) is 9.26. The van der Waals surface area contributed by atoms with Gasteiger partial charge in [-0.25, -0.2) is 0 Å². The Bertz CT molecular complexity index is 270. The molecule has 70 valence electrons. The van der Waals surface area contributed by atoms with Crippen molar-refractivity contribution in [3.05, 3.63) is 12.3 Å². The monoisotopic (exact) mass is 178 g/mol. The highest BCUT2D eigenvalue weighted by atomic mass is 16.2. The van der Waals surface area contributed by atoms with Crippen molar-refractivity contribution >= 4 is 12.1 Å². The highest BCUT2D eigenvalue weighted by molar-refractivity contribution is 5.75. The molecular formula is C10H14N2O. The third-order valence-corrected chi connectivity index (χ3v) is 2.84. The maximum absolute atomic E-state index is 11.1. The SMILES string of the molecule is CC(=O)N1CC2C=NC=CC[C@@H]2C1. The van der Waals surface area contributed by atoms with E-state index in [-0.39, 0.29) is 5.91 Å². The molecule has 13 heavy (non-hydrogen) atoms. The molecule has 0 saturated carbocycles. The molecule has 0 spiro atoms. The van der Waals surface area contributed by atoms with E-state index in [2.05, 4.69) is 11.1 Å². The summed E-state index contributed by atoms with van der Waals surface area (Å²) < 4.78 is 0. The van der Waals surface area contributed by atoms with Crippen LogP contribution in [0.2, 0.25) is 0 Å². The Balaban J connectivity index is 2.07. The summed E-state index contributed by atoms with van der Waals surface area (Å²) in [6, 6.07) is 0. The lowest BCUT2D eigenvalue weighted by Crippen LogP contribution is -2.26. The van der Waals surface area contributed by atoms with Crippen LogP contribution < -0.4 is 0 Å². The van der Waals surface area contributed by atoms with Crippen LogP contribution in [0, 0.1) is 11.8 Å². The average Bonchev–Trinajstić information content (AvgIpc) is 2.38. The third-order valence-electron chi connectivity index (χ3n) is 2.84. The first-order chi connectivity index (χ1) is 6.27. The van der Waals surface area contributed by atoms with E-state index in [0.717, 1.165) is 19.5 Å². The minimum Gasteiger partial charge on any atom is -0.342 e. The molecule has 3 heteroatoms. The normalized spacial score (nSPS) is 31.6. The molecule has 2 heterocycles. The van der Waals surface area contributed by atoms with E-state index in [1.54, 1.807) is 6.92 Å². The number of allylic oxidation sites excluding steroid dienone is 1. The molecule has 0 aromatic carbocycles. The Morgan fingerprint density at radius 1 is 1.54 bits per heavy atom. The van der Waals surface area contributed by atoms with Gasteiger partial charge in [0.2, 0.25) is 5.91 Å². The standard InChI is InChI=1S/C10H14N2O/c1-8(13)12-6-9-3-2-4-11-5-10(9)7-12/h2,4-5,9-10H,3,6-7H2,1H3/t9-,10?/m1/s1. The van der Waals surface area contributed by atoms with Gasteiger partial charge < -0.3 is 4.90 Å². The van der Waals surface area contributed by atoms with E-state index in [1.807, 2.05) is 17.3 Å². The summed E-state index contributed by atoms with van der Waals surface area (Å²) in [5.41, 5.74) is 0. The summed E-state index contributed by atoms with van der Waals surface area (Å²) in [6.07, 6.45) is 6.98. The molecule has 2 aliphatic heterocycles. The molecule has 1 fully saturated rings. The van der Waals surface area contributed by atoms with Gasteiger partial charge in [0.05, 0.1) is 0 Å². The van der Waals surface area contributed by atoms with E-state index >= 15 is 0 Å². The van der Waals surface area contributed by atoms with Crippen LogP contribution in [0.1, 0.15) is 13.3 Å². The Morgan fingerprint density at radius 3 is 3.15 bits per heavy atom. The van der Waals surface area contributed by atoms with Crippen LogP contribution in [0.3, 0.4) is 0 Å². The lowest BCUT2D eigenvalue weighted by Gasteiger charge is -2.12. The second-order valence-corrected chi connectivity index (χ2v) is 3.77. The molecule has 1 unspecified atom stereocenters. The first-order valence-corrected chi connectivity index (χ1v) is 4.71. The van der Waals surface area contributed by atoms with Gasteiger partial charge in [0.25, 0.3) is 0 Å². The zero-order valence-electron chi connectivity index (χ0n) is 7.81. The largest absolute Gasteiger partial charge is 0.342 e. The summed E-state index contributed by atoms with van der Waals surface area (Å²) in [5, 5.41) is 0. The van der Waals surface area contributed by atoms with Gasteiger partial charge >= 0.3 is 0 Å². The van der Waals surface area contributed by atoms with E-state index in [9.17, 15) is 4.79 Å². The first kappa shape index (κ1) is 8.48. The van der Waals surface area contributed by atoms with Gasteiger partial charge in [-0.15, -0.1) is 0 Å². The van der Waals surface area contributed by atoms with E-state index in [4.69, 9.17) is 0 Å². The van der Waals surface area contributed by atoms with Gasteiger partial charge in [-0.1, -0.05) is 6.08 Å². The van der Waals surface area contributed by atoms with Crippen LogP contribution in [-0.4, -0.2) is 30.1 Å². The van der Waals surface area contributed by atoms with Gasteiger partial charge in [0, 0.05) is 38.3 Å². The minimum absolute atomic E-state index is 0.186. The van der Waals surface area contributed by atoms with Gasteiger partial charge in [-0.2, -0.15) is 0 Å². The number of likely N-dealkylation sites (tertiary alicyclic amines) is 1. The number of rotatable bonds is 0. The van der Waals surface area contributed by atoms with E-state index in [0.29, 0.717) is 11.8 Å². The van der Waals surface area contributed by atoms with Crippen molar-refractivity contribution in [2.75, 3.05) is 13.1 Å². The fourth-order valence-electron chi connectivity index (χ4n) is 2.03. The summed E-state index contributed by atoms with van der Waals surface area (Å²) >= 11 is 0. The van der Waals surface area contributed by atoms with Crippen LogP contribution in [0.5, 0.6) is 0 Å². The van der Waals surface area contributed by atoms with Gasteiger partial charge in [0.15, 0.2) is 0 Å². The zero-order valence-corrected chi connectivity index (χ0v) is 7.81. The lowest BCUT2D eigenvalue weighted by atomic mass is 9.95. The summed E-state index contributed by atoms with van der Waals surface area (Å²) in [7, 11) is 0. The van der Waals surface area contributed by atoms with Crippen LogP contribution in [0.15, 0.2) is 17.3 Å². The molecule has 0 N–H and O–H groups in total. The number of carbonyl (C=O) groups is 1. The number of nitrogens with zero attached hydrogens (tertiary/aromatic N) is 2. The molecule has 1 amide bonds. The molecule has 0 aromatic rings. The molecule has 1 saturated heterocycles. The maximum atomic E-state index is 11.1. The second kappa shape index (κ2) is 3.32. The topological polar surface area (TPSA) is 32.7 Å². The summed E-state index contributed by atoms with van der Waals surface area (Å²) in [6.45, 7) is 3.39. The van der Waals surface area contributed by atoms with Crippen molar-refractivity contribution < 1.29 is 4.79 Å². The fourth-order valence-corrected chi connectivity index (χ4v) is 2.03. The lowest BCUT2D eigenvalue weighted by molar-refractivity contribution is -0.127. The third kappa shape index (κ3) is 1.64. The summed E-state index contributed by atoms with van der Waals surface area (Å²) in [5.74, 6) is 1.25. The predicted octanol–water partition coefficient (Wildman–Crippen LogP) is 1.07. The van der Waals surface area contributed by atoms with Crippen LogP contribution in [-0.2, 0) is 4.79 Å². The Morgan fingerprint density at radius 2 is 2.38 bits per heavy atom. The van der Waals surface area contributed by atoms with Crippen molar-refractivity contribution in [1.29, 1.82) is 0 Å². The Labute approximate surface area is 78.1 Å². The Hall–Kier alpha value is -1.12. The fraction of sp³-hybridized carbons (Fsp3) is 0.600. The summed E-state index contributed by atoms with van der Waals surface area (Å²) in [4.78, 5) is 17.2. The highest BCUT2D eigenvalue weighted by Gasteiger charge is 2.32. The van der Waals surface area contributed by atoms with Gasteiger partial charge in [0.1, 0.15) is 0 Å². The van der Waals surface area contributed by atoms with Crippen molar-refractivity contribution in [3.8, 4) is 0 Å². The molecule has 0 aromatic heterocycles. The van der Waals surface area contributed by atoms with Gasteiger partial charge in [-0.3, -0.25) is 9.79 Å². The first-order valence-electron chi connectivity index (χ1n) is 4.71. The average molecular weight is 178 g/mol. The molecule has 0 aliphatic carbocycles.